The monoisotopic (exact) mass is 264 g/mol. The summed E-state index contributed by atoms with van der Waals surface area (Å²) in [4.78, 5) is 12.5. The number of fused-ring (bicyclic) bond motifs is 1. The van der Waals surface area contributed by atoms with E-state index in [0.29, 0.717) is 10.6 Å². The highest BCUT2D eigenvalue weighted by Crippen LogP contribution is 2.28. The van der Waals surface area contributed by atoms with Crippen molar-refractivity contribution in [1.82, 2.24) is 15.0 Å². The van der Waals surface area contributed by atoms with Gasteiger partial charge in [0.05, 0.1) is 11.1 Å². The van der Waals surface area contributed by atoms with Crippen LogP contribution in [0.3, 0.4) is 0 Å². The second-order valence-electron chi connectivity index (χ2n) is 3.80. The Morgan fingerprint density at radius 3 is 2.84 bits per heavy atom. The lowest BCUT2D eigenvalue weighted by molar-refractivity contribution is 1.04. The number of benzene rings is 1. The molecule has 0 saturated heterocycles. The van der Waals surface area contributed by atoms with E-state index in [4.69, 9.17) is 0 Å². The third-order valence-electron chi connectivity index (χ3n) is 2.57. The minimum absolute atomic E-state index is 0.558. The Kier molecular flexibility index (Phi) is 3.09. The molecule has 0 N–H and O–H groups in total. The predicted octanol–water partition coefficient (Wildman–Crippen LogP) is 3.05. The maximum Gasteiger partial charge on any atom is 0.121 e. The Bertz CT molecular complexity index is 765. The maximum atomic E-state index is 9.22. The highest BCUT2D eigenvalue weighted by Gasteiger charge is 2.08. The van der Waals surface area contributed by atoms with Gasteiger partial charge in [-0.2, -0.15) is 5.26 Å². The van der Waals surface area contributed by atoms with Gasteiger partial charge in [0, 0.05) is 11.6 Å². The van der Waals surface area contributed by atoms with Crippen LogP contribution < -0.4 is 0 Å². The summed E-state index contributed by atoms with van der Waals surface area (Å²) in [7, 11) is 0. The van der Waals surface area contributed by atoms with E-state index >= 15 is 0 Å². The van der Waals surface area contributed by atoms with Crippen molar-refractivity contribution < 1.29 is 0 Å². The number of para-hydroxylation sites is 1. The third kappa shape index (κ3) is 2.39. The van der Waals surface area contributed by atoms with Gasteiger partial charge in [-0.1, -0.05) is 18.2 Å². The second-order valence-corrected chi connectivity index (χ2v) is 4.80. The molecule has 0 saturated carbocycles. The van der Waals surface area contributed by atoms with Crippen LogP contribution in [-0.2, 0) is 0 Å². The molecule has 90 valence electrons. The van der Waals surface area contributed by atoms with E-state index in [-0.39, 0.29) is 0 Å². The zero-order valence-electron chi connectivity index (χ0n) is 9.82. The van der Waals surface area contributed by atoms with Crippen molar-refractivity contribution in [3.05, 3.63) is 54.5 Å². The minimum Gasteiger partial charge on any atom is -0.245 e. The minimum atomic E-state index is 0.558. The number of nitriles is 1. The van der Waals surface area contributed by atoms with Gasteiger partial charge < -0.3 is 0 Å². The molecule has 4 nitrogen and oxygen atoms in total. The van der Waals surface area contributed by atoms with Crippen molar-refractivity contribution in [2.45, 2.75) is 10.1 Å². The van der Waals surface area contributed by atoms with Crippen LogP contribution in [0.4, 0.5) is 0 Å². The van der Waals surface area contributed by atoms with E-state index in [1.54, 1.807) is 12.3 Å². The summed E-state index contributed by atoms with van der Waals surface area (Å²) >= 11 is 1.37. The van der Waals surface area contributed by atoms with Gasteiger partial charge in [-0.25, -0.2) is 15.0 Å². The van der Waals surface area contributed by atoms with Crippen molar-refractivity contribution >= 4 is 22.7 Å². The largest absolute Gasteiger partial charge is 0.245 e. The smallest absolute Gasteiger partial charge is 0.121 e. The van der Waals surface area contributed by atoms with Crippen LogP contribution >= 0.6 is 11.8 Å². The summed E-state index contributed by atoms with van der Waals surface area (Å²) in [5.74, 6) is 0. The molecule has 0 amide bonds. The fourth-order valence-electron chi connectivity index (χ4n) is 1.69. The SMILES string of the molecule is N#Cc1cc2ccccc2nc1Sc1ccncn1. The normalized spacial score (nSPS) is 10.3. The van der Waals surface area contributed by atoms with Gasteiger partial charge in [0.2, 0.25) is 0 Å². The van der Waals surface area contributed by atoms with Crippen LogP contribution in [0.1, 0.15) is 5.56 Å². The molecule has 0 radical (unpaired) electrons. The molecular weight excluding hydrogens is 256 g/mol. The van der Waals surface area contributed by atoms with Crippen molar-refractivity contribution in [2.24, 2.45) is 0 Å². The molecule has 0 spiro atoms. The molecule has 0 atom stereocenters. The molecule has 5 heteroatoms. The summed E-state index contributed by atoms with van der Waals surface area (Å²) < 4.78 is 0. The number of aromatic nitrogens is 3. The lowest BCUT2D eigenvalue weighted by Gasteiger charge is -2.04. The quantitative estimate of drug-likeness (QED) is 0.666. The molecule has 0 aliphatic heterocycles. The lowest BCUT2D eigenvalue weighted by Crippen LogP contribution is -1.90. The summed E-state index contributed by atoms with van der Waals surface area (Å²) in [6.45, 7) is 0. The molecule has 19 heavy (non-hydrogen) atoms. The molecule has 3 aromatic rings. The van der Waals surface area contributed by atoms with Gasteiger partial charge in [0.1, 0.15) is 22.4 Å². The van der Waals surface area contributed by atoms with Gasteiger partial charge in [0.15, 0.2) is 0 Å². The van der Waals surface area contributed by atoms with Gasteiger partial charge in [-0.05, 0) is 30.0 Å². The highest BCUT2D eigenvalue weighted by molar-refractivity contribution is 7.99. The van der Waals surface area contributed by atoms with E-state index in [2.05, 4.69) is 21.0 Å². The molecular formula is C14H8N4S. The summed E-state index contributed by atoms with van der Waals surface area (Å²) in [6, 6.07) is 13.6. The Morgan fingerprint density at radius 1 is 1.16 bits per heavy atom. The fourth-order valence-corrected chi connectivity index (χ4v) is 2.48. The number of hydrogen-bond donors (Lipinski definition) is 0. The van der Waals surface area contributed by atoms with Crippen molar-refractivity contribution in [1.29, 1.82) is 5.26 Å². The van der Waals surface area contributed by atoms with Crippen molar-refractivity contribution in [3.8, 4) is 6.07 Å². The Morgan fingerprint density at radius 2 is 2.05 bits per heavy atom. The van der Waals surface area contributed by atoms with Crippen LogP contribution in [0.25, 0.3) is 10.9 Å². The molecule has 3 rings (SSSR count). The molecule has 0 fully saturated rings. The number of hydrogen-bond acceptors (Lipinski definition) is 5. The summed E-state index contributed by atoms with van der Waals surface area (Å²) in [6.07, 6.45) is 3.15. The first-order valence-corrected chi connectivity index (χ1v) is 6.42. The average Bonchev–Trinajstić information content (AvgIpc) is 2.47. The van der Waals surface area contributed by atoms with E-state index in [1.807, 2.05) is 30.3 Å². The first-order chi connectivity index (χ1) is 9.36. The maximum absolute atomic E-state index is 9.22. The van der Waals surface area contributed by atoms with E-state index in [0.717, 1.165) is 15.9 Å². The Balaban J connectivity index is 2.10. The first kappa shape index (κ1) is 11.6. The number of pyridine rings is 1. The predicted molar refractivity (Wildman–Crippen MR) is 72.6 cm³/mol. The Labute approximate surface area is 114 Å². The van der Waals surface area contributed by atoms with Gasteiger partial charge in [-0.15, -0.1) is 0 Å². The van der Waals surface area contributed by atoms with Gasteiger partial charge >= 0.3 is 0 Å². The summed E-state index contributed by atoms with van der Waals surface area (Å²) in [5.41, 5.74) is 1.43. The zero-order chi connectivity index (χ0) is 13.1. The Hall–Kier alpha value is -2.45. The van der Waals surface area contributed by atoms with Crippen LogP contribution in [0.2, 0.25) is 0 Å². The molecule has 0 bridgehead atoms. The van der Waals surface area contributed by atoms with E-state index in [9.17, 15) is 5.26 Å². The average molecular weight is 264 g/mol. The standard InChI is InChI=1S/C14H8N4S/c15-8-11-7-10-3-1-2-4-12(10)18-14(11)19-13-5-6-16-9-17-13/h1-7,9H. The van der Waals surface area contributed by atoms with Gasteiger partial charge in [-0.3, -0.25) is 0 Å². The third-order valence-corrected chi connectivity index (χ3v) is 3.52. The molecule has 0 aliphatic rings. The second kappa shape index (κ2) is 5.04. The van der Waals surface area contributed by atoms with Crippen LogP contribution in [0, 0.1) is 11.3 Å². The zero-order valence-corrected chi connectivity index (χ0v) is 10.6. The molecule has 0 aliphatic carbocycles. The summed E-state index contributed by atoms with van der Waals surface area (Å²) in [5, 5.41) is 11.6. The number of nitrogens with zero attached hydrogens (tertiary/aromatic N) is 4. The van der Waals surface area contributed by atoms with Crippen LogP contribution in [-0.4, -0.2) is 15.0 Å². The topological polar surface area (TPSA) is 62.5 Å². The van der Waals surface area contributed by atoms with Crippen LogP contribution in [0.15, 0.2) is 59.0 Å². The molecule has 2 heterocycles. The van der Waals surface area contributed by atoms with Crippen LogP contribution in [0.5, 0.6) is 0 Å². The van der Waals surface area contributed by atoms with E-state index in [1.165, 1.54) is 18.1 Å². The molecule has 0 unspecified atom stereocenters. The number of rotatable bonds is 2. The highest BCUT2D eigenvalue weighted by atomic mass is 32.2. The van der Waals surface area contributed by atoms with E-state index < -0.39 is 0 Å². The fraction of sp³-hybridized carbons (Fsp3) is 0. The van der Waals surface area contributed by atoms with Crippen molar-refractivity contribution in [2.75, 3.05) is 0 Å². The van der Waals surface area contributed by atoms with Crippen molar-refractivity contribution in [3.63, 3.8) is 0 Å². The lowest BCUT2D eigenvalue weighted by atomic mass is 10.2. The first-order valence-electron chi connectivity index (χ1n) is 5.60. The molecule has 1 aromatic carbocycles. The molecule has 2 aromatic heterocycles. The van der Waals surface area contributed by atoms with Gasteiger partial charge in [0.25, 0.3) is 0 Å².